The van der Waals surface area contributed by atoms with Gasteiger partial charge in [-0.2, -0.15) is 5.26 Å². The lowest BCUT2D eigenvalue weighted by molar-refractivity contribution is 0.0558. The van der Waals surface area contributed by atoms with Crippen LogP contribution in [0.4, 0.5) is 0 Å². The number of hydrogen-bond acceptors (Lipinski definition) is 4. The summed E-state index contributed by atoms with van der Waals surface area (Å²) in [7, 11) is 0. The van der Waals surface area contributed by atoms with E-state index in [0.29, 0.717) is 11.1 Å². The fourth-order valence-corrected chi connectivity index (χ4v) is 3.18. The van der Waals surface area contributed by atoms with E-state index in [1.54, 1.807) is 6.07 Å². The number of pyridine rings is 1. The van der Waals surface area contributed by atoms with Crippen molar-refractivity contribution in [2.75, 3.05) is 0 Å². The second kappa shape index (κ2) is 5.04. The van der Waals surface area contributed by atoms with Crippen molar-refractivity contribution in [1.82, 2.24) is 9.88 Å². The van der Waals surface area contributed by atoms with Crippen LogP contribution in [0.2, 0.25) is 0 Å². The van der Waals surface area contributed by atoms with Gasteiger partial charge in [-0.05, 0) is 24.8 Å². The molecular formula is C15H15N3O2. The van der Waals surface area contributed by atoms with Gasteiger partial charge in [0.2, 0.25) is 0 Å². The average molecular weight is 269 g/mol. The molecule has 2 heterocycles. The highest BCUT2D eigenvalue weighted by Crippen LogP contribution is 2.33. The molecule has 2 amide bonds. The van der Waals surface area contributed by atoms with E-state index in [-0.39, 0.29) is 17.7 Å². The van der Waals surface area contributed by atoms with Crippen LogP contribution in [0.1, 0.15) is 52.8 Å². The molecule has 2 aliphatic rings. The Labute approximate surface area is 117 Å². The van der Waals surface area contributed by atoms with E-state index in [2.05, 4.69) is 11.1 Å². The molecule has 102 valence electrons. The topological polar surface area (TPSA) is 74.1 Å². The molecule has 1 atom stereocenters. The first-order chi connectivity index (χ1) is 9.74. The molecule has 1 aliphatic carbocycles. The van der Waals surface area contributed by atoms with Crippen LogP contribution in [-0.4, -0.2) is 27.7 Å². The first-order valence-corrected chi connectivity index (χ1v) is 6.95. The van der Waals surface area contributed by atoms with Crippen molar-refractivity contribution in [2.24, 2.45) is 5.92 Å². The van der Waals surface area contributed by atoms with Crippen LogP contribution in [0.5, 0.6) is 0 Å². The zero-order valence-electron chi connectivity index (χ0n) is 11.1. The summed E-state index contributed by atoms with van der Waals surface area (Å²) in [6, 6.07) is 3.07. The second-order valence-corrected chi connectivity index (χ2v) is 5.37. The first kappa shape index (κ1) is 12.8. The molecule has 0 radical (unpaired) electrons. The van der Waals surface area contributed by atoms with E-state index < -0.39 is 6.04 Å². The van der Waals surface area contributed by atoms with Crippen molar-refractivity contribution in [1.29, 1.82) is 5.26 Å². The Bertz CT molecular complexity index is 564. The molecule has 3 rings (SSSR count). The summed E-state index contributed by atoms with van der Waals surface area (Å²) in [5, 5.41) is 9.44. The van der Waals surface area contributed by atoms with Crippen molar-refractivity contribution in [3.63, 3.8) is 0 Å². The number of carbonyl (C=O) groups excluding carboxylic acids is 2. The third kappa shape index (κ3) is 1.88. The Balaban J connectivity index is 1.92. The van der Waals surface area contributed by atoms with Gasteiger partial charge in [0.15, 0.2) is 0 Å². The number of fused-ring (bicyclic) bond motifs is 1. The lowest BCUT2D eigenvalue weighted by atomic mass is 9.83. The third-order valence-electron chi connectivity index (χ3n) is 4.23. The predicted octanol–water partition coefficient (Wildman–Crippen LogP) is 2.15. The predicted molar refractivity (Wildman–Crippen MR) is 70.7 cm³/mol. The van der Waals surface area contributed by atoms with Gasteiger partial charge in [-0.1, -0.05) is 19.3 Å². The van der Waals surface area contributed by atoms with E-state index in [0.717, 1.165) is 30.6 Å². The summed E-state index contributed by atoms with van der Waals surface area (Å²) in [4.78, 5) is 29.8. The van der Waals surface area contributed by atoms with Crippen LogP contribution in [-0.2, 0) is 0 Å². The summed E-state index contributed by atoms with van der Waals surface area (Å²) in [5.41, 5.74) is 0.676. The summed E-state index contributed by atoms with van der Waals surface area (Å²) < 4.78 is 0. The minimum absolute atomic E-state index is 0.101. The molecule has 1 aromatic heterocycles. The highest BCUT2D eigenvalue weighted by Gasteiger charge is 2.43. The maximum absolute atomic E-state index is 12.4. The average Bonchev–Trinajstić information content (AvgIpc) is 2.75. The molecule has 0 aromatic carbocycles. The molecule has 1 aliphatic heterocycles. The molecule has 1 unspecified atom stereocenters. The van der Waals surface area contributed by atoms with Gasteiger partial charge in [-0.3, -0.25) is 19.5 Å². The van der Waals surface area contributed by atoms with Crippen LogP contribution in [0.15, 0.2) is 18.5 Å². The smallest absolute Gasteiger partial charge is 0.264 e. The highest BCUT2D eigenvalue weighted by molar-refractivity contribution is 6.21. The zero-order chi connectivity index (χ0) is 14.1. The SMILES string of the molecule is N#CC(C1CCCCC1)N1C(=O)c2ccncc2C1=O. The Morgan fingerprint density at radius 2 is 1.90 bits per heavy atom. The Hall–Kier alpha value is -2.22. The molecule has 0 saturated heterocycles. The standard InChI is InChI=1S/C15H15N3O2/c16-8-13(10-4-2-1-3-5-10)18-14(19)11-6-7-17-9-12(11)15(18)20/h6-7,9-10,13H,1-5H2. The van der Waals surface area contributed by atoms with Crippen molar-refractivity contribution >= 4 is 11.8 Å². The van der Waals surface area contributed by atoms with E-state index >= 15 is 0 Å². The summed E-state index contributed by atoms with van der Waals surface area (Å²) in [5.74, 6) is -0.635. The molecule has 0 bridgehead atoms. The number of aromatic nitrogens is 1. The van der Waals surface area contributed by atoms with E-state index in [1.807, 2.05) is 0 Å². The molecule has 5 heteroatoms. The molecule has 1 saturated carbocycles. The van der Waals surface area contributed by atoms with Crippen molar-refractivity contribution in [3.05, 3.63) is 29.6 Å². The number of rotatable bonds is 2. The highest BCUT2D eigenvalue weighted by atomic mass is 16.2. The van der Waals surface area contributed by atoms with Gasteiger partial charge in [-0.15, -0.1) is 0 Å². The van der Waals surface area contributed by atoms with Crippen molar-refractivity contribution in [2.45, 2.75) is 38.1 Å². The minimum Gasteiger partial charge on any atom is -0.269 e. The van der Waals surface area contributed by atoms with Gasteiger partial charge in [0.25, 0.3) is 11.8 Å². The summed E-state index contributed by atoms with van der Waals surface area (Å²) >= 11 is 0. The van der Waals surface area contributed by atoms with Crippen LogP contribution < -0.4 is 0 Å². The largest absolute Gasteiger partial charge is 0.269 e. The molecule has 0 spiro atoms. The van der Waals surface area contributed by atoms with Crippen molar-refractivity contribution in [3.8, 4) is 6.07 Å². The van der Waals surface area contributed by atoms with E-state index in [9.17, 15) is 14.9 Å². The van der Waals surface area contributed by atoms with Crippen LogP contribution in [0, 0.1) is 17.2 Å². The van der Waals surface area contributed by atoms with Gasteiger partial charge in [0.05, 0.1) is 17.2 Å². The maximum Gasteiger partial charge on any atom is 0.264 e. The number of nitriles is 1. The molecular weight excluding hydrogens is 254 g/mol. The molecule has 20 heavy (non-hydrogen) atoms. The van der Waals surface area contributed by atoms with Gasteiger partial charge >= 0.3 is 0 Å². The van der Waals surface area contributed by atoms with E-state index in [1.165, 1.54) is 18.8 Å². The molecule has 5 nitrogen and oxygen atoms in total. The lowest BCUT2D eigenvalue weighted by Gasteiger charge is -2.30. The molecule has 1 aromatic rings. The summed E-state index contributed by atoms with van der Waals surface area (Å²) in [6.07, 6.45) is 8.01. The van der Waals surface area contributed by atoms with Gasteiger partial charge in [0, 0.05) is 12.4 Å². The number of carbonyl (C=O) groups is 2. The van der Waals surface area contributed by atoms with Crippen molar-refractivity contribution < 1.29 is 9.59 Å². The summed E-state index contributed by atoms with van der Waals surface area (Å²) in [6.45, 7) is 0. The second-order valence-electron chi connectivity index (χ2n) is 5.37. The number of amides is 2. The van der Waals surface area contributed by atoms with Gasteiger partial charge in [0.1, 0.15) is 6.04 Å². The number of imide groups is 1. The number of hydrogen-bond donors (Lipinski definition) is 0. The maximum atomic E-state index is 12.4. The van der Waals surface area contributed by atoms with Crippen LogP contribution in [0.25, 0.3) is 0 Å². The monoisotopic (exact) mass is 269 g/mol. The molecule has 1 fully saturated rings. The quantitative estimate of drug-likeness (QED) is 0.771. The first-order valence-electron chi connectivity index (χ1n) is 6.95. The van der Waals surface area contributed by atoms with Gasteiger partial charge in [-0.25, -0.2) is 0 Å². The third-order valence-corrected chi connectivity index (χ3v) is 4.23. The zero-order valence-corrected chi connectivity index (χ0v) is 11.1. The van der Waals surface area contributed by atoms with E-state index in [4.69, 9.17) is 0 Å². The van der Waals surface area contributed by atoms with Gasteiger partial charge < -0.3 is 0 Å². The minimum atomic E-state index is -0.650. The normalized spacial score (nSPS) is 20.6. The van der Waals surface area contributed by atoms with Crippen LogP contribution in [0.3, 0.4) is 0 Å². The Morgan fingerprint density at radius 3 is 2.55 bits per heavy atom. The Kier molecular flexibility index (Phi) is 3.23. The molecule has 0 N–H and O–H groups in total. The fourth-order valence-electron chi connectivity index (χ4n) is 3.18. The van der Waals surface area contributed by atoms with Crippen LogP contribution >= 0.6 is 0 Å². The lowest BCUT2D eigenvalue weighted by Crippen LogP contribution is -2.44. The fraction of sp³-hybridized carbons (Fsp3) is 0.467. The number of nitrogens with zero attached hydrogens (tertiary/aromatic N) is 3. The Morgan fingerprint density at radius 1 is 1.20 bits per heavy atom.